The molecule has 1 amide bonds. The van der Waals surface area contributed by atoms with Gasteiger partial charge in [-0.25, -0.2) is 4.98 Å². The number of hydrogen-bond donors (Lipinski definition) is 2. The van der Waals surface area contributed by atoms with E-state index < -0.39 is 0 Å². The molecule has 1 saturated heterocycles. The van der Waals surface area contributed by atoms with Gasteiger partial charge >= 0.3 is 0 Å². The van der Waals surface area contributed by atoms with Crippen LogP contribution in [0.25, 0.3) is 0 Å². The highest BCUT2D eigenvalue weighted by Crippen LogP contribution is 2.12. The quantitative estimate of drug-likeness (QED) is 0.280. The number of carbonyl (C=O) groups excluding carboxylic acids is 1. The number of halogens is 1. The molecule has 2 rings (SSSR count). The Bertz CT molecular complexity index is 531. The van der Waals surface area contributed by atoms with Gasteiger partial charge in [0.1, 0.15) is 0 Å². The first kappa shape index (κ1) is 21.7. The Labute approximate surface area is 167 Å². The number of aryl methyl sites for hydroxylation is 1. The predicted molar refractivity (Wildman–Crippen MR) is 111 cm³/mol. The molecule has 1 aromatic rings. The molecule has 1 aliphatic rings. The number of rotatable bonds is 7. The van der Waals surface area contributed by atoms with E-state index in [1.165, 1.54) is 0 Å². The van der Waals surface area contributed by atoms with Gasteiger partial charge in [-0.2, -0.15) is 0 Å². The van der Waals surface area contributed by atoms with Crippen molar-refractivity contribution in [1.82, 2.24) is 25.1 Å². The second-order valence-electron chi connectivity index (χ2n) is 6.48. The summed E-state index contributed by atoms with van der Waals surface area (Å²) in [5.41, 5.74) is 0. The number of aromatic nitrogens is 2. The Hall–Kier alpha value is -1.32. The van der Waals surface area contributed by atoms with Crippen molar-refractivity contribution in [2.24, 2.45) is 10.9 Å². The first-order valence-electron chi connectivity index (χ1n) is 8.89. The van der Waals surface area contributed by atoms with Crippen LogP contribution >= 0.6 is 24.0 Å². The SMILES string of the molecule is CCNC(=NCCCn1ccnc1)NC1CCN(C(=O)C(C)C)C1.I. The van der Waals surface area contributed by atoms with E-state index >= 15 is 0 Å². The standard InChI is InChI=1S/C17H30N6O.HI/c1-4-19-17(20-7-5-9-22-11-8-18-13-22)21-15-6-10-23(12-15)16(24)14(2)3;/h8,11,13-15H,4-7,9-10,12H2,1-3H3,(H2,19,20,21);1H. The summed E-state index contributed by atoms with van der Waals surface area (Å²) in [6.45, 7) is 10.1. The molecule has 142 valence electrons. The normalized spacial score (nSPS) is 17.5. The van der Waals surface area contributed by atoms with Crippen molar-refractivity contribution >= 4 is 35.8 Å². The van der Waals surface area contributed by atoms with Gasteiger partial charge < -0.3 is 20.1 Å². The molecule has 1 atom stereocenters. The largest absolute Gasteiger partial charge is 0.357 e. The fourth-order valence-corrected chi connectivity index (χ4v) is 2.82. The molecule has 0 bridgehead atoms. The molecule has 1 aromatic heterocycles. The van der Waals surface area contributed by atoms with Crippen molar-refractivity contribution < 1.29 is 4.79 Å². The van der Waals surface area contributed by atoms with Crippen LogP contribution in [0.1, 0.15) is 33.6 Å². The Morgan fingerprint density at radius 1 is 1.44 bits per heavy atom. The smallest absolute Gasteiger partial charge is 0.225 e. The number of amides is 1. The molecular weight excluding hydrogens is 431 g/mol. The lowest BCUT2D eigenvalue weighted by Gasteiger charge is -2.20. The number of aliphatic imine (C=N–C) groups is 1. The number of imidazole rings is 1. The van der Waals surface area contributed by atoms with Gasteiger partial charge in [0.15, 0.2) is 5.96 Å². The van der Waals surface area contributed by atoms with Crippen molar-refractivity contribution in [3.8, 4) is 0 Å². The minimum atomic E-state index is 0. The fraction of sp³-hybridized carbons (Fsp3) is 0.706. The highest BCUT2D eigenvalue weighted by atomic mass is 127. The second kappa shape index (κ2) is 11.3. The number of hydrogen-bond acceptors (Lipinski definition) is 3. The van der Waals surface area contributed by atoms with E-state index in [1.54, 1.807) is 6.20 Å². The van der Waals surface area contributed by atoms with E-state index in [-0.39, 0.29) is 41.8 Å². The summed E-state index contributed by atoms with van der Waals surface area (Å²) < 4.78 is 2.06. The first-order chi connectivity index (χ1) is 11.6. The molecule has 2 heterocycles. The molecule has 0 spiro atoms. The lowest BCUT2D eigenvalue weighted by atomic mass is 10.2. The Kier molecular flexibility index (Phi) is 9.84. The van der Waals surface area contributed by atoms with Crippen molar-refractivity contribution in [2.45, 2.75) is 46.2 Å². The molecule has 0 aliphatic carbocycles. The Balaban J connectivity index is 0.00000312. The number of carbonyl (C=O) groups is 1. The molecule has 0 radical (unpaired) electrons. The van der Waals surface area contributed by atoms with E-state index in [0.717, 1.165) is 51.5 Å². The van der Waals surface area contributed by atoms with Crippen molar-refractivity contribution in [3.63, 3.8) is 0 Å². The van der Waals surface area contributed by atoms with Crippen LogP contribution in [-0.4, -0.2) is 58.5 Å². The van der Waals surface area contributed by atoms with E-state index in [9.17, 15) is 4.79 Å². The zero-order valence-electron chi connectivity index (χ0n) is 15.4. The number of likely N-dealkylation sites (tertiary alicyclic amines) is 1. The maximum atomic E-state index is 12.1. The van der Waals surface area contributed by atoms with Crippen LogP contribution < -0.4 is 10.6 Å². The molecule has 0 saturated carbocycles. The third-order valence-electron chi connectivity index (χ3n) is 4.08. The van der Waals surface area contributed by atoms with Gasteiger partial charge in [-0.1, -0.05) is 13.8 Å². The van der Waals surface area contributed by atoms with Gasteiger partial charge in [-0.15, -0.1) is 24.0 Å². The summed E-state index contributed by atoms with van der Waals surface area (Å²) in [6, 6.07) is 0.277. The lowest BCUT2D eigenvalue weighted by Crippen LogP contribution is -2.45. The van der Waals surface area contributed by atoms with Crippen molar-refractivity contribution in [1.29, 1.82) is 0 Å². The molecule has 1 aliphatic heterocycles. The number of nitrogens with zero attached hydrogens (tertiary/aromatic N) is 4. The molecule has 0 aromatic carbocycles. The number of guanidine groups is 1. The maximum Gasteiger partial charge on any atom is 0.225 e. The maximum absolute atomic E-state index is 12.1. The van der Waals surface area contributed by atoms with Gasteiger partial charge in [0, 0.05) is 57.1 Å². The zero-order valence-corrected chi connectivity index (χ0v) is 17.8. The molecule has 8 heteroatoms. The van der Waals surface area contributed by atoms with Gasteiger partial charge in [-0.3, -0.25) is 9.79 Å². The van der Waals surface area contributed by atoms with E-state index in [1.807, 2.05) is 31.3 Å². The van der Waals surface area contributed by atoms with Crippen molar-refractivity contribution in [2.75, 3.05) is 26.2 Å². The average Bonchev–Trinajstić information content (AvgIpc) is 3.22. The van der Waals surface area contributed by atoms with Gasteiger partial charge in [0.2, 0.25) is 5.91 Å². The molecule has 1 unspecified atom stereocenters. The van der Waals surface area contributed by atoms with Gasteiger partial charge in [0.05, 0.1) is 6.33 Å². The van der Waals surface area contributed by atoms with Crippen molar-refractivity contribution in [3.05, 3.63) is 18.7 Å². The average molecular weight is 462 g/mol. The van der Waals surface area contributed by atoms with Crippen LogP contribution in [0.4, 0.5) is 0 Å². The summed E-state index contributed by atoms with van der Waals surface area (Å²) in [5.74, 6) is 1.14. The van der Waals surface area contributed by atoms with E-state index in [2.05, 4.69) is 32.1 Å². The second-order valence-corrected chi connectivity index (χ2v) is 6.48. The third-order valence-corrected chi connectivity index (χ3v) is 4.08. The molecular formula is C17H31IN6O. The van der Waals surface area contributed by atoms with Crippen LogP contribution in [0.5, 0.6) is 0 Å². The minimum Gasteiger partial charge on any atom is -0.357 e. The monoisotopic (exact) mass is 462 g/mol. The molecule has 7 nitrogen and oxygen atoms in total. The first-order valence-corrected chi connectivity index (χ1v) is 8.89. The molecule has 1 fully saturated rings. The highest BCUT2D eigenvalue weighted by molar-refractivity contribution is 14.0. The third kappa shape index (κ3) is 7.21. The van der Waals surface area contributed by atoms with E-state index in [0.29, 0.717) is 0 Å². The minimum absolute atomic E-state index is 0. The molecule has 25 heavy (non-hydrogen) atoms. The van der Waals surface area contributed by atoms with Crippen LogP contribution in [0.15, 0.2) is 23.7 Å². The van der Waals surface area contributed by atoms with Crippen LogP contribution in [0, 0.1) is 5.92 Å². The fourth-order valence-electron chi connectivity index (χ4n) is 2.82. The molecule has 2 N–H and O–H groups in total. The van der Waals surface area contributed by atoms with E-state index in [4.69, 9.17) is 0 Å². The summed E-state index contributed by atoms with van der Waals surface area (Å²) in [7, 11) is 0. The summed E-state index contributed by atoms with van der Waals surface area (Å²) in [6.07, 6.45) is 7.52. The predicted octanol–water partition coefficient (Wildman–Crippen LogP) is 1.70. The van der Waals surface area contributed by atoms with Gasteiger partial charge in [0.25, 0.3) is 0 Å². The highest BCUT2D eigenvalue weighted by Gasteiger charge is 2.27. The summed E-state index contributed by atoms with van der Waals surface area (Å²) in [4.78, 5) is 22.7. The summed E-state index contributed by atoms with van der Waals surface area (Å²) >= 11 is 0. The van der Waals surface area contributed by atoms with Crippen LogP contribution in [0.3, 0.4) is 0 Å². The van der Waals surface area contributed by atoms with Gasteiger partial charge in [-0.05, 0) is 19.8 Å². The Morgan fingerprint density at radius 2 is 2.24 bits per heavy atom. The van der Waals surface area contributed by atoms with Crippen LogP contribution in [-0.2, 0) is 11.3 Å². The zero-order chi connectivity index (χ0) is 17.4. The summed E-state index contributed by atoms with van der Waals surface area (Å²) in [5, 5.41) is 6.75. The lowest BCUT2D eigenvalue weighted by molar-refractivity contribution is -0.133. The van der Waals surface area contributed by atoms with Crippen LogP contribution in [0.2, 0.25) is 0 Å². The Morgan fingerprint density at radius 3 is 2.88 bits per heavy atom. The topological polar surface area (TPSA) is 74.6 Å². The number of nitrogens with one attached hydrogen (secondary N) is 2.